The number of aryl methyl sites for hydroxylation is 1. The summed E-state index contributed by atoms with van der Waals surface area (Å²) in [4.78, 5) is 19.8. The van der Waals surface area contributed by atoms with Gasteiger partial charge in [0.15, 0.2) is 0 Å². The number of aromatic nitrogens is 1. The Hall–Kier alpha value is -2.80. The molecule has 0 saturated carbocycles. The van der Waals surface area contributed by atoms with E-state index in [1.807, 2.05) is 29.3 Å². The van der Waals surface area contributed by atoms with Gasteiger partial charge in [0.05, 0.1) is 5.56 Å². The number of rotatable bonds is 6. The topological polar surface area (TPSA) is 39.3 Å². The lowest BCUT2D eigenvalue weighted by Gasteiger charge is -2.35. The van der Waals surface area contributed by atoms with Crippen molar-refractivity contribution in [3.63, 3.8) is 0 Å². The fourth-order valence-corrected chi connectivity index (χ4v) is 4.19. The molecule has 0 spiro atoms. The van der Waals surface area contributed by atoms with Gasteiger partial charge in [-0.1, -0.05) is 36.4 Å². The zero-order valence-corrected chi connectivity index (χ0v) is 17.3. The lowest BCUT2D eigenvalue weighted by atomic mass is 10.1. The number of fused-ring (bicyclic) bond motifs is 1. The Balaban J connectivity index is 1.23. The maximum Gasteiger partial charge on any atom is 0.416 e. The summed E-state index contributed by atoms with van der Waals surface area (Å²) >= 11 is 0. The van der Waals surface area contributed by atoms with Crippen molar-refractivity contribution in [2.75, 3.05) is 26.2 Å². The lowest BCUT2D eigenvalue weighted by Crippen LogP contribution is -2.48. The standard InChI is InChI=1S/C24H26F3N3O/c25-24(26,27)20-7-3-5-18(15-20)17-29-11-13-30(14-12-29)23(31)10-4-6-19-16-28-22-9-2-1-8-21(19)22/h1-3,5,7-9,15-16,28H,4,6,10-14,17H2. The Bertz CT molecular complexity index is 1040. The van der Waals surface area contributed by atoms with Gasteiger partial charge < -0.3 is 9.88 Å². The Morgan fingerprint density at radius 1 is 1.00 bits per heavy atom. The van der Waals surface area contributed by atoms with Crippen LogP contribution in [0, 0.1) is 0 Å². The van der Waals surface area contributed by atoms with Crippen molar-refractivity contribution < 1.29 is 18.0 Å². The van der Waals surface area contributed by atoms with E-state index in [0.29, 0.717) is 44.7 Å². The Morgan fingerprint density at radius 3 is 2.55 bits per heavy atom. The van der Waals surface area contributed by atoms with Crippen LogP contribution in [0.4, 0.5) is 13.2 Å². The predicted molar refractivity (Wildman–Crippen MR) is 115 cm³/mol. The van der Waals surface area contributed by atoms with Crippen molar-refractivity contribution in [2.24, 2.45) is 0 Å². The third kappa shape index (κ3) is 5.28. The number of nitrogens with zero attached hydrogens (tertiary/aromatic N) is 2. The molecular formula is C24H26F3N3O. The maximum absolute atomic E-state index is 12.9. The lowest BCUT2D eigenvalue weighted by molar-refractivity contribution is -0.137. The normalized spacial score (nSPS) is 15.5. The number of para-hydroxylation sites is 1. The first kappa shape index (κ1) is 21.4. The second-order valence-corrected chi connectivity index (χ2v) is 8.07. The number of carbonyl (C=O) groups excluding carboxylic acids is 1. The van der Waals surface area contributed by atoms with Gasteiger partial charge in [-0.2, -0.15) is 13.2 Å². The number of hydrogen-bond donors (Lipinski definition) is 1. The minimum absolute atomic E-state index is 0.151. The Morgan fingerprint density at radius 2 is 1.77 bits per heavy atom. The number of halogens is 3. The monoisotopic (exact) mass is 429 g/mol. The van der Waals surface area contributed by atoms with E-state index in [2.05, 4.69) is 16.0 Å². The fourth-order valence-electron chi connectivity index (χ4n) is 4.19. The zero-order chi connectivity index (χ0) is 21.8. The van der Waals surface area contributed by atoms with Gasteiger partial charge in [0.2, 0.25) is 5.91 Å². The summed E-state index contributed by atoms with van der Waals surface area (Å²) < 4.78 is 38.7. The molecule has 164 valence electrons. The molecule has 2 heterocycles. The van der Waals surface area contributed by atoms with Crippen molar-refractivity contribution in [3.8, 4) is 0 Å². The van der Waals surface area contributed by atoms with Crippen LogP contribution in [-0.2, 0) is 23.9 Å². The van der Waals surface area contributed by atoms with Crippen molar-refractivity contribution in [1.29, 1.82) is 0 Å². The van der Waals surface area contributed by atoms with Crippen LogP contribution in [0.25, 0.3) is 10.9 Å². The largest absolute Gasteiger partial charge is 0.416 e. The molecule has 31 heavy (non-hydrogen) atoms. The minimum atomic E-state index is -4.33. The molecule has 1 aliphatic rings. The van der Waals surface area contributed by atoms with E-state index in [9.17, 15) is 18.0 Å². The molecule has 0 aliphatic carbocycles. The van der Waals surface area contributed by atoms with Crippen LogP contribution in [0.1, 0.15) is 29.5 Å². The van der Waals surface area contributed by atoms with E-state index >= 15 is 0 Å². The summed E-state index contributed by atoms with van der Waals surface area (Å²) in [7, 11) is 0. The minimum Gasteiger partial charge on any atom is -0.361 e. The van der Waals surface area contributed by atoms with Gasteiger partial charge in [-0.3, -0.25) is 9.69 Å². The maximum atomic E-state index is 12.9. The number of hydrogen-bond acceptors (Lipinski definition) is 2. The number of amides is 1. The highest BCUT2D eigenvalue weighted by Gasteiger charge is 2.30. The predicted octanol–water partition coefficient (Wildman–Crippen LogP) is 4.85. The first-order valence-electron chi connectivity index (χ1n) is 10.6. The summed E-state index contributed by atoms with van der Waals surface area (Å²) in [5.74, 6) is 0.151. The number of benzene rings is 2. The molecule has 1 aliphatic heterocycles. The first-order valence-corrected chi connectivity index (χ1v) is 10.6. The van der Waals surface area contributed by atoms with E-state index in [1.54, 1.807) is 6.07 Å². The third-order valence-electron chi connectivity index (χ3n) is 5.90. The summed E-state index contributed by atoms with van der Waals surface area (Å²) in [6.45, 7) is 3.04. The number of H-pyrrole nitrogens is 1. The molecule has 0 bridgehead atoms. The van der Waals surface area contributed by atoms with Gasteiger partial charge in [-0.05, 0) is 36.1 Å². The molecular weight excluding hydrogens is 403 g/mol. The van der Waals surface area contributed by atoms with E-state index < -0.39 is 11.7 Å². The highest BCUT2D eigenvalue weighted by molar-refractivity contribution is 5.83. The molecule has 4 rings (SSSR count). The third-order valence-corrected chi connectivity index (χ3v) is 5.90. The van der Waals surface area contributed by atoms with Crippen molar-refractivity contribution in [2.45, 2.75) is 32.0 Å². The summed E-state index contributed by atoms with van der Waals surface area (Å²) in [5, 5.41) is 1.21. The van der Waals surface area contributed by atoms with Gasteiger partial charge in [0.1, 0.15) is 0 Å². The molecule has 7 heteroatoms. The van der Waals surface area contributed by atoms with E-state index in [0.717, 1.165) is 24.4 Å². The van der Waals surface area contributed by atoms with Crippen LogP contribution >= 0.6 is 0 Å². The summed E-state index contributed by atoms with van der Waals surface area (Å²) in [6, 6.07) is 13.6. The van der Waals surface area contributed by atoms with Gasteiger partial charge in [-0.25, -0.2) is 0 Å². The molecule has 0 atom stereocenters. The van der Waals surface area contributed by atoms with E-state index in [1.165, 1.54) is 23.1 Å². The summed E-state index contributed by atoms with van der Waals surface area (Å²) in [5.41, 5.74) is 2.37. The highest BCUT2D eigenvalue weighted by atomic mass is 19.4. The molecule has 1 fully saturated rings. The molecule has 1 N–H and O–H groups in total. The average Bonchev–Trinajstić information content (AvgIpc) is 3.17. The summed E-state index contributed by atoms with van der Waals surface area (Å²) in [6.07, 6.45) is -0.154. The molecule has 1 saturated heterocycles. The molecule has 3 aromatic rings. The number of carbonyl (C=O) groups is 1. The van der Waals surface area contributed by atoms with Gasteiger partial charge in [-0.15, -0.1) is 0 Å². The molecule has 1 amide bonds. The van der Waals surface area contributed by atoms with Crippen molar-refractivity contribution in [3.05, 3.63) is 71.4 Å². The number of nitrogens with one attached hydrogen (secondary N) is 1. The molecule has 4 nitrogen and oxygen atoms in total. The molecule has 2 aromatic carbocycles. The van der Waals surface area contributed by atoms with Gasteiger partial charge in [0.25, 0.3) is 0 Å². The molecule has 0 unspecified atom stereocenters. The van der Waals surface area contributed by atoms with Crippen molar-refractivity contribution in [1.82, 2.24) is 14.8 Å². The SMILES string of the molecule is O=C(CCCc1c[nH]c2ccccc12)N1CCN(Cc2cccc(C(F)(F)F)c2)CC1. The highest BCUT2D eigenvalue weighted by Crippen LogP contribution is 2.29. The second kappa shape index (κ2) is 9.14. The quantitative estimate of drug-likeness (QED) is 0.608. The first-order chi connectivity index (χ1) is 14.9. The van der Waals surface area contributed by atoms with E-state index in [4.69, 9.17) is 0 Å². The van der Waals surface area contributed by atoms with E-state index in [-0.39, 0.29) is 5.91 Å². The smallest absolute Gasteiger partial charge is 0.361 e. The number of alkyl halides is 3. The number of piperazine rings is 1. The van der Waals surface area contributed by atoms with Crippen molar-refractivity contribution >= 4 is 16.8 Å². The molecule has 0 radical (unpaired) electrons. The van der Waals surface area contributed by atoms with Crippen LogP contribution < -0.4 is 0 Å². The Labute approximate surface area is 179 Å². The number of aromatic amines is 1. The van der Waals surface area contributed by atoms with Crippen LogP contribution in [0.5, 0.6) is 0 Å². The van der Waals surface area contributed by atoms with Crippen LogP contribution in [0.15, 0.2) is 54.7 Å². The zero-order valence-electron chi connectivity index (χ0n) is 17.3. The molecule has 1 aromatic heterocycles. The Kier molecular flexibility index (Phi) is 6.32. The van der Waals surface area contributed by atoms with Crippen LogP contribution in [0.2, 0.25) is 0 Å². The van der Waals surface area contributed by atoms with Crippen LogP contribution in [-0.4, -0.2) is 46.9 Å². The fraction of sp³-hybridized carbons (Fsp3) is 0.375. The second-order valence-electron chi connectivity index (χ2n) is 8.07. The average molecular weight is 429 g/mol. The van der Waals surface area contributed by atoms with Gasteiger partial charge >= 0.3 is 6.18 Å². The van der Waals surface area contributed by atoms with Gasteiger partial charge in [0, 0.05) is 56.2 Å². The van der Waals surface area contributed by atoms with Crippen LogP contribution in [0.3, 0.4) is 0 Å².